The second-order valence-electron chi connectivity index (χ2n) is 7.18. The number of piperazine rings is 1. The molecule has 0 saturated carbocycles. The summed E-state index contributed by atoms with van der Waals surface area (Å²) in [4.78, 5) is 51.5. The fraction of sp³-hybridized carbons (Fsp3) is 0.364. The minimum absolute atomic E-state index is 0.0829. The summed E-state index contributed by atoms with van der Waals surface area (Å²) in [6.45, 7) is 1.44. The topological polar surface area (TPSA) is 109 Å². The number of esters is 1. The normalized spacial score (nSPS) is 13.5. The summed E-state index contributed by atoms with van der Waals surface area (Å²) < 4.78 is 10.2. The minimum atomic E-state index is -0.509. The Balaban J connectivity index is 1.29. The van der Waals surface area contributed by atoms with Gasteiger partial charge in [-0.15, -0.1) is 0 Å². The fourth-order valence-electron chi connectivity index (χ4n) is 3.16. The first-order valence-electron chi connectivity index (χ1n) is 10.2. The molecule has 10 heteroatoms. The summed E-state index contributed by atoms with van der Waals surface area (Å²) in [5.74, 6) is -1.01. The van der Waals surface area contributed by atoms with Crippen molar-refractivity contribution in [2.45, 2.75) is 12.8 Å². The van der Waals surface area contributed by atoms with Gasteiger partial charge in [0.1, 0.15) is 0 Å². The number of nitrogens with one attached hydrogen (secondary N) is 1. The smallest absolute Gasteiger partial charge is 0.306 e. The van der Waals surface area contributed by atoms with E-state index in [1.165, 1.54) is 6.26 Å². The van der Waals surface area contributed by atoms with Gasteiger partial charge in [0.25, 0.3) is 17.7 Å². The average Bonchev–Trinajstić information content (AvgIpc) is 3.35. The molecule has 0 radical (unpaired) electrons. The largest absolute Gasteiger partial charge is 0.459 e. The average molecular weight is 462 g/mol. The summed E-state index contributed by atoms with van der Waals surface area (Å²) in [7, 11) is 0. The molecule has 1 fully saturated rings. The van der Waals surface area contributed by atoms with E-state index in [-0.39, 0.29) is 36.5 Å². The zero-order valence-electron chi connectivity index (χ0n) is 17.4. The first-order chi connectivity index (χ1) is 15.4. The molecule has 1 aromatic carbocycles. The van der Waals surface area contributed by atoms with Crippen molar-refractivity contribution in [2.24, 2.45) is 0 Å². The first kappa shape index (κ1) is 23.3. The zero-order valence-corrected chi connectivity index (χ0v) is 18.2. The van der Waals surface area contributed by atoms with Gasteiger partial charge in [-0.3, -0.25) is 19.2 Å². The van der Waals surface area contributed by atoms with Crippen molar-refractivity contribution >= 4 is 35.3 Å². The Labute approximate surface area is 190 Å². The molecule has 1 N–H and O–H groups in total. The Morgan fingerprint density at radius 2 is 1.69 bits per heavy atom. The zero-order chi connectivity index (χ0) is 22.9. The van der Waals surface area contributed by atoms with Crippen LogP contribution >= 0.6 is 11.6 Å². The molecule has 3 amide bonds. The van der Waals surface area contributed by atoms with Crippen molar-refractivity contribution in [1.82, 2.24) is 15.1 Å². The van der Waals surface area contributed by atoms with Gasteiger partial charge < -0.3 is 24.3 Å². The van der Waals surface area contributed by atoms with Gasteiger partial charge in [0, 0.05) is 49.7 Å². The van der Waals surface area contributed by atoms with E-state index in [0.29, 0.717) is 49.7 Å². The van der Waals surface area contributed by atoms with Crippen LogP contribution in [0.15, 0.2) is 47.1 Å². The van der Waals surface area contributed by atoms with E-state index >= 15 is 0 Å². The van der Waals surface area contributed by atoms with Crippen molar-refractivity contribution in [3.63, 3.8) is 0 Å². The molecule has 170 valence electrons. The van der Waals surface area contributed by atoms with Gasteiger partial charge >= 0.3 is 5.97 Å². The molecular formula is C22H24ClN3O6. The van der Waals surface area contributed by atoms with Crippen molar-refractivity contribution in [3.05, 3.63) is 59.0 Å². The highest BCUT2D eigenvalue weighted by Crippen LogP contribution is 2.10. The van der Waals surface area contributed by atoms with Crippen LogP contribution in [-0.4, -0.2) is 72.8 Å². The van der Waals surface area contributed by atoms with Crippen molar-refractivity contribution in [3.8, 4) is 0 Å². The lowest BCUT2D eigenvalue weighted by Crippen LogP contribution is -2.51. The second kappa shape index (κ2) is 11.3. The maximum atomic E-state index is 12.3. The first-order valence-corrected chi connectivity index (χ1v) is 10.6. The number of ether oxygens (including phenoxy) is 1. The van der Waals surface area contributed by atoms with Crippen LogP contribution in [0.5, 0.6) is 0 Å². The molecule has 2 heterocycles. The van der Waals surface area contributed by atoms with E-state index in [1.807, 2.05) is 0 Å². The maximum absolute atomic E-state index is 12.3. The van der Waals surface area contributed by atoms with Crippen LogP contribution in [0.2, 0.25) is 5.02 Å². The van der Waals surface area contributed by atoms with Crippen LogP contribution in [-0.2, 0) is 14.3 Å². The molecule has 2 aromatic rings. The molecule has 32 heavy (non-hydrogen) atoms. The highest BCUT2D eigenvalue weighted by molar-refractivity contribution is 6.30. The number of hydrogen-bond acceptors (Lipinski definition) is 6. The van der Waals surface area contributed by atoms with E-state index < -0.39 is 5.97 Å². The number of amides is 3. The third kappa shape index (κ3) is 6.58. The highest BCUT2D eigenvalue weighted by atomic mass is 35.5. The van der Waals surface area contributed by atoms with Gasteiger partial charge in [0.2, 0.25) is 0 Å². The summed E-state index contributed by atoms with van der Waals surface area (Å²) in [6, 6.07) is 9.73. The Hall–Kier alpha value is -3.33. The van der Waals surface area contributed by atoms with Gasteiger partial charge in [-0.05, 0) is 42.8 Å². The fourth-order valence-corrected chi connectivity index (χ4v) is 3.28. The number of rotatable bonds is 8. The van der Waals surface area contributed by atoms with Crippen molar-refractivity contribution < 1.29 is 28.3 Å². The summed E-state index contributed by atoms with van der Waals surface area (Å²) in [5.41, 5.74) is 0.480. The lowest BCUT2D eigenvalue weighted by molar-refractivity contribution is -0.152. The van der Waals surface area contributed by atoms with Gasteiger partial charge in [0.15, 0.2) is 12.4 Å². The van der Waals surface area contributed by atoms with Gasteiger partial charge in [-0.25, -0.2) is 0 Å². The Bertz CT molecular complexity index is 937. The van der Waals surface area contributed by atoms with Crippen LogP contribution in [0.1, 0.15) is 33.8 Å². The number of furan rings is 1. The van der Waals surface area contributed by atoms with E-state index in [2.05, 4.69) is 5.32 Å². The van der Waals surface area contributed by atoms with E-state index in [9.17, 15) is 19.2 Å². The Kier molecular flexibility index (Phi) is 8.27. The van der Waals surface area contributed by atoms with Gasteiger partial charge in [-0.1, -0.05) is 11.6 Å². The maximum Gasteiger partial charge on any atom is 0.306 e. The predicted octanol–water partition coefficient (Wildman–Crippen LogP) is 1.97. The number of halogens is 1. The highest BCUT2D eigenvalue weighted by Gasteiger charge is 2.26. The standard InChI is InChI=1S/C22H24ClN3O6/c23-17-7-5-16(6-8-17)21(29)24-9-1-4-20(28)32-15-19(27)25-10-12-26(13-11-25)22(30)18-3-2-14-31-18/h2-3,5-8,14H,1,4,9-13,15H2,(H,24,29). The predicted molar refractivity (Wildman–Crippen MR) is 115 cm³/mol. The van der Waals surface area contributed by atoms with Crippen LogP contribution in [0.3, 0.4) is 0 Å². The number of nitrogens with zero attached hydrogens (tertiary/aromatic N) is 2. The third-order valence-corrected chi connectivity index (χ3v) is 5.21. The lowest BCUT2D eigenvalue weighted by Gasteiger charge is -2.34. The number of hydrogen-bond donors (Lipinski definition) is 1. The molecule has 0 atom stereocenters. The van der Waals surface area contributed by atoms with Gasteiger partial charge in [-0.2, -0.15) is 0 Å². The third-order valence-electron chi connectivity index (χ3n) is 4.96. The lowest BCUT2D eigenvalue weighted by atomic mass is 10.2. The molecular weight excluding hydrogens is 438 g/mol. The quantitative estimate of drug-likeness (QED) is 0.475. The number of benzene rings is 1. The molecule has 9 nitrogen and oxygen atoms in total. The Morgan fingerprint density at radius 3 is 2.34 bits per heavy atom. The molecule has 0 bridgehead atoms. The molecule has 1 saturated heterocycles. The molecule has 0 aliphatic carbocycles. The summed E-state index contributed by atoms with van der Waals surface area (Å²) >= 11 is 5.79. The van der Waals surface area contributed by atoms with E-state index in [1.54, 1.807) is 46.2 Å². The minimum Gasteiger partial charge on any atom is -0.459 e. The molecule has 3 rings (SSSR count). The van der Waals surface area contributed by atoms with Crippen molar-refractivity contribution in [2.75, 3.05) is 39.3 Å². The number of carbonyl (C=O) groups is 4. The van der Waals surface area contributed by atoms with Crippen LogP contribution < -0.4 is 5.32 Å². The molecule has 1 aliphatic heterocycles. The van der Waals surface area contributed by atoms with Crippen LogP contribution in [0.4, 0.5) is 0 Å². The summed E-state index contributed by atoms with van der Waals surface area (Å²) in [5, 5.41) is 3.25. The molecule has 1 aliphatic rings. The SMILES string of the molecule is O=C(CCCNC(=O)c1ccc(Cl)cc1)OCC(=O)N1CCN(C(=O)c2ccco2)CC1. The second-order valence-corrected chi connectivity index (χ2v) is 7.61. The van der Waals surface area contributed by atoms with Crippen molar-refractivity contribution in [1.29, 1.82) is 0 Å². The summed E-state index contributed by atoms with van der Waals surface area (Å²) in [6.07, 6.45) is 1.91. The number of carbonyl (C=O) groups excluding carboxylic acids is 4. The van der Waals surface area contributed by atoms with Crippen LogP contribution in [0, 0.1) is 0 Å². The molecule has 1 aromatic heterocycles. The monoisotopic (exact) mass is 461 g/mol. The molecule has 0 unspecified atom stereocenters. The van der Waals surface area contributed by atoms with Gasteiger partial charge in [0.05, 0.1) is 6.26 Å². The van der Waals surface area contributed by atoms with E-state index in [0.717, 1.165) is 0 Å². The molecule has 0 spiro atoms. The van der Waals surface area contributed by atoms with Crippen LogP contribution in [0.25, 0.3) is 0 Å². The van der Waals surface area contributed by atoms with E-state index in [4.69, 9.17) is 20.8 Å². The Morgan fingerprint density at radius 1 is 1.00 bits per heavy atom.